The molecule has 0 aliphatic carbocycles. The van der Waals surface area contributed by atoms with Crippen molar-refractivity contribution in [2.24, 2.45) is 5.92 Å². The van der Waals surface area contributed by atoms with Crippen LogP contribution >= 0.6 is 0 Å². The highest BCUT2D eigenvalue weighted by molar-refractivity contribution is 6.02. The van der Waals surface area contributed by atoms with Gasteiger partial charge in [0.05, 0.1) is 12.8 Å². The van der Waals surface area contributed by atoms with Gasteiger partial charge >= 0.3 is 12.4 Å². The van der Waals surface area contributed by atoms with Gasteiger partial charge < -0.3 is 0 Å². The third-order valence-electron chi connectivity index (χ3n) is 2.38. The van der Waals surface area contributed by atoms with Crippen molar-refractivity contribution < 1.29 is 45.5 Å². The van der Waals surface area contributed by atoms with Gasteiger partial charge in [-0.2, -0.15) is 26.3 Å². The average molecular weight is 364 g/mol. The molecule has 10 heteroatoms. The maximum atomic E-state index is 11.6. The van der Waals surface area contributed by atoms with Gasteiger partial charge in [0.1, 0.15) is 11.6 Å². The minimum atomic E-state index is -4.88. The van der Waals surface area contributed by atoms with E-state index in [0.29, 0.717) is 0 Å². The maximum Gasteiger partial charge on any atom is 0.450 e. The molecule has 0 aromatic carbocycles. The van der Waals surface area contributed by atoms with Gasteiger partial charge in [0.15, 0.2) is 0 Å². The lowest BCUT2D eigenvalue weighted by molar-refractivity contribution is -0.172. The zero-order chi connectivity index (χ0) is 19.7. The van der Waals surface area contributed by atoms with Crippen molar-refractivity contribution in [3.8, 4) is 0 Å². The summed E-state index contributed by atoms with van der Waals surface area (Å²) in [5.74, 6) is -5.29. The van der Waals surface area contributed by atoms with E-state index in [4.69, 9.17) is 0 Å². The Morgan fingerprint density at radius 1 is 0.750 bits per heavy atom. The van der Waals surface area contributed by atoms with Crippen molar-refractivity contribution in [1.29, 1.82) is 0 Å². The first-order chi connectivity index (χ1) is 10.6. The summed E-state index contributed by atoms with van der Waals surface area (Å²) < 4.78 is 69.3. The van der Waals surface area contributed by atoms with E-state index in [0.717, 1.165) is 0 Å². The molecule has 0 heterocycles. The number of ketones is 4. The molecule has 0 atom stereocenters. The number of halogens is 6. The van der Waals surface area contributed by atoms with Crippen LogP contribution in [0.3, 0.4) is 0 Å². The molecule has 4 nitrogen and oxygen atoms in total. The Kier molecular flexibility index (Phi) is 10.4. The fraction of sp³-hybridized carbons (Fsp3) is 0.714. The Labute approximate surface area is 134 Å². The van der Waals surface area contributed by atoms with Gasteiger partial charge in [-0.25, -0.2) is 0 Å². The number of Topliss-reactive ketones (excluding diaryl/α,β-unsaturated/α-hetero) is 4. The second-order valence-corrected chi connectivity index (χ2v) is 5.22. The van der Waals surface area contributed by atoms with Crippen molar-refractivity contribution in [3.63, 3.8) is 0 Å². The first kappa shape index (κ1) is 24.5. The molecule has 0 saturated carbocycles. The normalized spacial score (nSPS) is 11.6. The SMILES string of the molecule is CC(C)CC(=O)CC(=O)C(F)(F)F.CCC(=O)CC(=O)C(F)(F)F. The van der Waals surface area contributed by atoms with E-state index in [1.165, 1.54) is 6.92 Å². The van der Waals surface area contributed by atoms with Crippen LogP contribution < -0.4 is 0 Å². The first-order valence-corrected chi connectivity index (χ1v) is 6.84. The minimum Gasteiger partial charge on any atom is -0.299 e. The van der Waals surface area contributed by atoms with E-state index < -0.39 is 48.3 Å². The van der Waals surface area contributed by atoms with Gasteiger partial charge in [-0.1, -0.05) is 20.8 Å². The summed E-state index contributed by atoms with van der Waals surface area (Å²) in [6, 6.07) is 0. The molecule has 0 saturated heterocycles. The third kappa shape index (κ3) is 12.8. The lowest BCUT2D eigenvalue weighted by atomic mass is 10.0. The average Bonchev–Trinajstić information content (AvgIpc) is 2.35. The second kappa shape index (κ2) is 10.2. The van der Waals surface area contributed by atoms with Crippen LogP contribution in [0.1, 0.15) is 46.5 Å². The van der Waals surface area contributed by atoms with E-state index in [-0.39, 0.29) is 18.8 Å². The van der Waals surface area contributed by atoms with E-state index in [2.05, 4.69) is 0 Å². The molecule has 0 amide bonds. The van der Waals surface area contributed by atoms with Crippen LogP contribution in [0.4, 0.5) is 26.3 Å². The monoisotopic (exact) mass is 364 g/mol. The van der Waals surface area contributed by atoms with Crippen molar-refractivity contribution >= 4 is 23.1 Å². The lowest BCUT2D eigenvalue weighted by Gasteiger charge is -2.05. The second-order valence-electron chi connectivity index (χ2n) is 5.22. The number of carbonyl (C=O) groups is 4. The van der Waals surface area contributed by atoms with E-state index in [9.17, 15) is 45.5 Å². The highest BCUT2D eigenvalue weighted by Crippen LogP contribution is 2.19. The molecule has 0 aromatic heterocycles. The first-order valence-electron chi connectivity index (χ1n) is 6.84. The smallest absolute Gasteiger partial charge is 0.299 e. The van der Waals surface area contributed by atoms with Crippen molar-refractivity contribution in [2.75, 3.05) is 0 Å². The summed E-state index contributed by atoms with van der Waals surface area (Å²) in [6.45, 7) is 4.82. The van der Waals surface area contributed by atoms with Crippen LogP contribution in [-0.4, -0.2) is 35.5 Å². The van der Waals surface area contributed by atoms with Crippen LogP contribution in [0, 0.1) is 5.92 Å². The van der Waals surface area contributed by atoms with Gasteiger partial charge in [-0.3, -0.25) is 19.2 Å². The summed E-state index contributed by atoms with van der Waals surface area (Å²) in [6.07, 6.45) is -11.8. The molecular formula is C14H18F6O4. The van der Waals surface area contributed by atoms with Crippen molar-refractivity contribution in [1.82, 2.24) is 0 Å². The molecule has 0 radical (unpaired) electrons. The van der Waals surface area contributed by atoms with Crippen LogP contribution in [0.15, 0.2) is 0 Å². The largest absolute Gasteiger partial charge is 0.450 e. The predicted molar refractivity (Wildman–Crippen MR) is 71.1 cm³/mol. The Bertz CT molecular complexity index is 463. The van der Waals surface area contributed by atoms with Crippen LogP contribution in [0.2, 0.25) is 0 Å². The molecule has 0 spiro atoms. The quantitative estimate of drug-likeness (QED) is 0.511. The Morgan fingerprint density at radius 2 is 1.08 bits per heavy atom. The van der Waals surface area contributed by atoms with Crippen molar-refractivity contribution in [3.05, 3.63) is 0 Å². The highest BCUT2D eigenvalue weighted by Gasteiger charge is 2.39. The molecule has 0 aliphatic rings. The maximum absolute atomic E-state index is 11.6. The van der Waals surface area contributed by atoms with Gasteiger partial charge in [0, 0.05) is 12.8 Å². The van der Waals surface area contributed by atoms with E-state index in [1.54, 1.807) is 13.8 Å². The molecule has 0 aromatic rings. The van der Waals surface area contributed by atoms with E-state index in [1.807, 2.05) is 0 Å². The van der Waals surface area contributed by atoms with Gasteiger partial charge in [-0.15, -0.1) is 0 Å². The molecule has 0 fully saturated rings. The van der Waals surface area contributed by atoms with Crippen LogP contribution in [0.25, 0.3) is 0 Å². The molecule has 0 N–H and O–H groups in total. The number of hydrogen-bond donors (Lipinski definition) is 0. The third-order valence-corrected chi connectivity index (χ3v) is 2.38. The van der Waals surface area contributed by atoms with Gasteiger partial charge in [0.2, 0.25) is 11.6 Å². The molecule has 24 heavy (non-hydrogen) atoms. The zero-order valence-corrected chi connectivity index (χ0v) is 13.3. The number of hydrogen-bond acceptors (Lipinski definition) is 4. The number of alkyl halides is 6. The highest BCUT2D eigenvalue weighted by atomic mass is 19.4. The summed E-state index contributed by atoms with van der Waals surface area (Å²) in [5.41, 5.74) is 0. The summed E-state index contributed by atoms with van der Waals surface area (Å²) in [5, 5.41) is 0. The van der Waals surface area contributed by atoms with Gasteiger partial charge in [-0.05, 0) is 5.92 Å². The Hall–Kier alpha value is -1.74. The fourth-order valence-corrected chi connectivity index (χ4v) is 1.21. The summed E-state index contributed by atoms with van der Waals surface area (Å²) in [7, 11) is 0. The Morgan fingerprint density at radius 3 is 1.33 bits per heavy atom. The van der Waals surface area contributed by atoms with Crippen LogP contribution in [-0.2, 0) is 19.2 Å². The number of rotatable bonds is 7. The zero-order valence-electron chi connectivity index (χ0n) is 13.3. The molecule has 0 aliphatic heterocycles. The molecule has 0 rings (SSSR count). The van der Waals surface area contributed by atoms with Crippen LogP contribution in [0.5, 0.6) is 0 Å². The van der Waals surface area contributed by atoms with Crippen molar-refractivity contribution in [2.45, 2.75) is 58.8 Å². The van der Waals surface area contributed by atoms with Gasteiger partial charge in [0.25, 0.3) is 0 Å². The molecule has 0 unspecified atom stereocenters. The molecule has 140 valence electrons. The lowest BCUT2D eigenvalue weighted by Crippen LogP contribution is -2.25. The topological polar surface area (TPSA) is 68.3 Å². The summed E-state index contributed by atoms with van der Waals surface area (Å²) >= 11 is 0. The number of carbonyl (C=O) groups excluding carboxylic acids is 4. The minimum absolute atomic E-state index is 0.0157. The van der Waals surface area contributed by atoms with E-state index >= 15 is 0 Å². The fourth-order valence-electron chi connectivity index (χ4n) is 1.21. The predicted octanol–water partition coefficient (Wildman–Crippen LogP) is 3.61. The molecule has 0 bridgehead atoms. The standard InChI is InChI=1S/C8H11F3O2.C6H7F3O2/c1-5(2)3-6(12)4-7(13)8(9,10)11;1-2-4(10)3-5(11)6(7,8)9/h5H,3-4H2,1-2H3;2-3H2,1H3. The summed E-state index contributed by atoms with van der Waals surface area (Å²) in [4.78, 5) is 41.5. The Balaban J connectivity index is 0. The molecular weight excluding hydrogens is 346 g/mol.